The van der Waals surface area contributed by atoms with E-state index in [9.17, 15) is 0 Å². The van der Waals surface area contributed by atoms with Crippen LogP contribution in [0.1, 0.15) is 29.8 Å². The molecule has 0 spiro atoms. The highest BCUT2D eigenvalue weighted by Crippen LogP contribution is 2.29. The molecule has 0 radical (unpaired) electrons. The molecule has 2 rings (SSSR count). The Morgan fingerprint density at radius 2 is 1.95 bits per heavy atom. The van der Waals surface area contributed by atoms with Crippen LogP contribution in [0.5, 0.6) is 0 Å². The second-order valence-electron chi connectivity index (χ2n) is 4.48. The number of nitrogens with one attached hydrogen (secondary N) is 1. The topological polar surface area (TPSA) is 12.0 Å². The van der Waals surface area contributed by atoms with E-state index in [2.05, 4.69) is 65.2 Å². The Kier molecular flexibility index (Phi) is 6.13. The molecule has 1 nitrogen and oxygen atoms in total. The number of rotatable bonds is 6. The minimum absolute atomic E-state index is 0.359. The lowest BCUT2D eigenvalue weighted by Crippen LogP contribution is -2.23. The summed E-state index contributed by atoms with van der Waals surface area (Å²) >= 11 is 10.1. The van der Waals surface area contributed by atoms with Gasteiger partial charge in [-0.25, -0.2) is 0 Å². The lowest BCUT2D eigenvalue weighted by molar-refractivity contribution is 0.536. The highest BCUT2D eigenvalue weighted by molar-refractivity contribution is 14.1. The van der Waals surface area contributed by atoms with Crippen molar-refractivity contribution in [2.75, 3.05) is 6.54 Å². The summed E-state index contributed by atoms with van der Waals surface area (Å²) in [6.07, 6.45) is 2.15. The molecule has 0 aliphatic heterocycles. The van der Waals surface area contributed by atoms with Crippen LogP contribution < -0.4 is 5.32 Å². The highest BCUT2D eigenvalue weighted by atomic mass is 127. The Hall–Kier alpha value is -0.100. The molecule has 1 N–H and O–H groups in total. The fourth-order valence-corrected chi connectivity index (χ4v) is 3.46. The van der Waals surface area contributed by atoms with Crippen molar-refractivity contribution in [3.8, 4) is 0 Å². The Morgan fingerprint density at radius 3 is 2.53 bits per heavy atom. The summed E-state index contributed by atoms with van der Waals surface area (Å²) in [6, 6.07) is 13.2. The largest absolute Gasteiger partial charge is 0.309 e. The molecule has 1 heterocycles. The van der Waals surface area contributed by atoms with Crippen LogP contribution in [-0.2, 0) is 6.42 Å². The third-order valence-electron chi connectivity index (χ3n) is 2.93. The molecule has 0 fully saturated rings. The minimum atomic E-state index is 0.359. The molecule has 0 saturated heterocycles. The molecule has 0 saturated carbocycles. The number of halogens is 2. The summed E-state index contributed by atoms with van der Waals surface area (Å²) < 4.78 is 2.14. The predicted molar refractivity (Wildman–Crippen MR) is 93.2 cm³/mol. The van der Waals surface area contributed by atoms with Crippen LogP contribution in [0.25, 0.3) is 0 Å². The van der Waals surface area contributed by atoms with Gasteiger partial charge in [0.1, 0.15) is 0 Å². The molecule has 19 heavy (non-hydrogen) atoms. The lowest BCUT2D eigenvalue weighted by Gasteiger charge is -2.17. The summed E-state index contributed by atoms with van der Waals surface area (Å²) in [5.74, 6) is 0. The van der Waals surface area contributed by atoms with Gasteiger partial charge in [-0.2, -0.15) is 0 Å². The van der Waals surface area contributed by atoms with Gasteiger partial charge in [0.25, 0.3) is 0 Å². The number of hydrogen-bond donors (Lipinski definition) is 1. The van der Waals surface area contributed by atoms with Crippen LogP contribution in [0, 0.1) is 3.57 Å². The average Bonchev–Trinajstić information content (AvgIpc) is 2.83. The molecule has 1 atom stereocenters. The van der Waals surface area contributed by atoms with Gasteiger partial charge in [-0.15, -0.1) is 11.3 Å². The van der Waals surface area contributed by atoms with E-state index in [0.717, 1.165) is 23.7 Å². The molecule has 0 bridgehead atoms. The standard InChI is InChI=1S/C15H17ClINS/c1-2-9-18-13(14-7-8-15(16)19-14)10-11-3-5-12(17)6-4-11/h3-8,13,18H,2,9-10H2,1H3. The van der Waals surface area contributed by atoms with Gasteiger partial charge in [0.05, 0.1) is 4.34 Å². The van der Waals surface area contributed by atoms with Crippen molar-refractivity contribution >= 4 is 45.5 Å². The first-order chi connectivity index (χ1) is 9.19. The molecule has 0 aliphatic rings. The number of thiophene rings is 1. The van der Waals surface area contributed by atoms with E-state index < -0.39 is 0 Å². The van der Waals surface area contributed by atoms with Crippen molar-refractivity contribution in [1.29, 1.82) is 0 Å². The van der Waals surface area contributed by atoms with Crippen molar-refractivity contribution in [3.05, 3.63) is 54.7 Å². The average molecular weight is 406 g/mol. The van der Waals surface area contributed by atoms with Gasteiger partial charge in [-0.3, -0.25) is 0 Å². The monoisotopic (exact) mass is 405 g/mol. The Labute approximate surface area is 137 Å². The molecule has 1 aromatic carbocycles. The molecular weight excluding hydrogens is 389 g/mol. The highest BCUT2D eigenvalue weighted by Gasteiger charge is 2.13. The van der Waals surface area contributed by atoms with E-state index in [1.807, 2.05) is 6.07 Å². The first-order valence-corrected chi connectivity index (χ1v) is 8.69. The number of hydrogen-bond acceptors (Lipinski definition) is 2. The van der Waals surface area contributed by atoms with Gasteiger partial charge >= 0.3 is 0 Å². The summed E-state index contributed by atoms with van der Waals surface area (Å²) in [5, 5.41) is 3.61. The van der Waals surface area contributed by atoms with Crippen LogP contribution in [0.15, 0.2) is 36.4 Å². The second-order valence-corrected chi connectivity index (χ2v) is 7.47. The molecule has 0 amide bonds. The van der Waals surface area contributed by atoms with Crippen molar-refractivity contribution in [2.24, 2.45) is 0 Å². The van der Waals surface area contributed by atoms with Crippen LogP contribution in [0.2, 0.25) is 4.34 Å². The van der Waals surface area contributed by atoms with E-state index >= 15 is 0 Å². The van der Waals surface area contributed by atoms with E-state index in [4.69, 9.17) is 11.6 Å². The fraction of sp³-hybridized carbons (Fsp3) is 0.333. The third-order valence-corrected chi connectivity index (χ3v) is 5.00. The fourth-order valence-electron chi connectivity index (χ4n) is 1.96. The first kappa shape index (κ1) is 15.3. The maximum Gasteiger partial charge on any atom is 0.0931 e. The Morgan fingerprint density at radius 1 is 1.21 bits per heavy atom. The van der Waals surface area contributed by atoms with Crippen LogP contribution >= 0.6 is 45.5 Å². The molecule has 4 heteroatoms. The Bertz CT molecular complexity index is 509. The summed E-state index contributed by atoms with van der Waals surface area (Å²) in [6.45, 7) is 3.22. The smallest absolute Gasteiger partial charge is 0.0931 e. The molecule has 1 unspecified atom stereocenters. The van der Waals surface area contributed by atoms with E-state index in [1.165, 1.54) is 14.0 Å². The molecular formula is C15H17ClINS. The zero-order valence-electron chi connectivity index (χ0n) is 10.8. The number of benzene rings is 1. The van der Waals surface area contributed by atoms with Crippen molar-refractivity contribution in [2.45, 2.75) is 25.8 Å². The van der Waals surface area contributed by atoms with E-state index in [0.29, 0.717) is 6.04 Å². The van der Waals surface area contributed by atoms with Crippen molar-refractivity contribution in [1.82, 2.24) is 5.32 Å². The minimum Gasteiger partial charge on any atom is -0.309 e. The second kappa shape index (κ2) is 7.62. The van der Waals surface area contributed by atoms with Crippen molar-refractivity contribution < 1.29 is 0 Å². The normalized spacial score (nSPS) is 12.6. The van der Waals surface area contributed by atoms with Crippen LogP contribution in [-0.4, -0.2) is 6.54 Å². The molecule has 1 aromatic heterocycles. The zero-order valence-corrected chi connectivity index (χ0v) is 14.6. The SMILES string of the molecule is CCCNC(Cc1ccc(I)cc1)c1ccc(Cl)s1. The maximum absolute atomic E-state index is 6.05. The summed E-state index contributed by atoms with van der Waals surface area (Å²) in [7, 11) is 0. The van der Waals surface area contributed by atoms with Gasteiger partial charge in [-0.05, 0) is 71.8 Å². The zero-order chi connectivity index (χ0) is 13.7. The van der Waals surface area contributed by atoms with Crippen molar-refractivity contribution in [3.63, 3.8) is 0 Å². The predicted octanol–water partition coefficient (Wildman–Crippen LogP) is 5.29. The molecule has 102 valence electrons. The van der Waals surface area contributed by atoms with E-state index in [1.54, 1.807) is 11.3 Å². The Balaban J connectivity index is 2.11. The quantitative estimate of drug-likeness (QED) is 0.644. The maximum atomic E-state index is 6.05. The van der Waals surface area contributed by atoms with Gasteiger partial charge < -0.3 is 5.32 Å². The molecule has 0 aliphatic carbocycles. The third kappa shape index (κ3) is 4.74. The summed E-state index contributed by atoms with van der Waals surface area (Å²) in [4.78, 5) is 1.32. The van der Waals surface area contributed by atoms with Gasteiger partial charge in [0.2, 0.25) is 0 Å². The van der Waals surface area contributed by atoms with Gasteiger partial charge in [0.15, 0.2) is 0 Å². The molecule has 2 aromatic rings. The lowest BCUT2D eigenvalue weighted by atomic mass is 10.0. The van der Waals surface area contributed by atoms with E-state index in [-0.39, 0.29) is 0 Å². The van der Waals surface area contributed by atoms with Gasteiger partial charge in [0, 0.05) is 14.5 Å². The first-order valence-electron chi connectivity index (χ1n) is 6.42. The summed E-state index contributed by atoms with van der Waals surface area (Å²) in [5.41, 5.74) is 1.36. The van der Waals surface area contributed by atoms with Crippen LogP contribution in [0.3, 0.4) is 0 Å². The van der Waals surface area contributed by atoms with Crippen LogP contribution in [0.4, 0.5) is 0 Å². The van der Waals surface area contributed by atoms with Gasteiger partial charge in [-0.1, -0.05) is 30.7 Å².